The lowest BCUT2D eigenvalue weighted by Gasteiger charge is -2.24. The number of carbonyl (C=O) groups excluding carboxylic acids is 1. The number of hydrogen-bond acceptors (Lipinski definition) is 4. The Labute approximate surface area is 149 Å². The van der Waals surface area contributed by atoms with Gasteiger partial charge in [0.1, 0.15) is 0 Å². The second-order valence-electron chi connectivity index (χ2n) is 6.18. The Morgan fingerprint density at radius 2 is 1.68 bits per heavy atom. The first-order valence-corrected chi connectivity index (χ1v) is 8.20. The lowest BCUT2D eigenvalue weighted by atomic mass is 10.0. The van der Waals surface area contributed by atoms with Gasteiger partial charge in [0.05, 0.1) is 20.3 Å². The predicted octanol–water partition coefficient (Wildman–Crippen LogP) is 3.12. The van der Waals surface area contributed by atoms with Crippen LogP contribution in [-0.4, -0.2) is 45.2 Å². The summed E-state index contributed by atoms with van der Waals surface area (Å²) in [6, 6.07) is 13.4. The summed E-state index contributed by atoms with van der Waals surface area (Å²) in [5, 5.41) is 3.02. The van der Waals surface area contributed by atoms with E-state index in [1.807, 2.05) is 62.3 Å². The summed E-state index contributed by atoms with van der Waals surface area (Å²) in [6.45, 7) is 1.93. The molecule has 0 bridgehead atoms. The molecule has 1 amide bonds. The van der Waals surface area contributed by atoms with Gasteiger partial charge >= 0.3 is 0 Å². The number of anilines is 1. The van der Waals surface area contributed by atoms with Crippen molar-refractivity contribution in [1.29, 1.82) is 0 Å². The van der Waals surface area contributed by atoms with Crippen LogP contribution < -0.4 is 14.8 Å². The fraction of sp³-hybridized carbons (Fsp3) is 0.350. The highest BCUT2D eigenvalue weighted by atomic mass is 16.5. The van der Waals surface area contributed by atoms with E-state index in [4.69, 9.17) is 9.47 Å². The number of nitrogens with zero attached hydrogens (tertiary/aromatic N) is 1. The van der Waals surface area contributed by atoms with Crippen LogP contribution in [0.1, 0.15) is 11.1 Å². The van der Waals surface area contributed by atoms with Gasteiger partial charge in [-0.05, 0) is 44.6 Å². The van der Waals surface area contributed by atoms with Gasteiger partial charge in [-0.15, -0.1) is 0 Å². The van der Waals surface area contributed by atoms with Crippen LogP contribution in [0.4, 0.5) is 5.69 Å². The van der Waals surface area contributed by atoms with E-state index >= 15 is 0 Å². The average Bonchev–Trinajstić information content (AvgIpc) is 2.61. The largest absolute Gasteiger partial charge is 0.493 e. The third kappa shape index (κ3) is 4.73. The van der Waals surface area contributed by atoms with Gasteiger partial charge in [-0.2, -0.15) is 0 Å². The number of nitrogens with one attached hydrogen (secondary N) is 1. The summed E-state index contributed by atoms with van der Waals surface area (Å²) in [5.74, 6) is 1.18. The molecule has 25 heavy (non-hydrogen) atoms. The molecule has 0 fully saturated rings. The number of rotatable bonds is 7. The maximum absolute atomic E-state index is 12.8. The predicted molar refractivity (Wildman–Crippen MR) is 101 cm³/mol. The molecule has 0 aromatic heterocycles. The first-order valence-electron chi connectivity index (χ1n) is 8.20. The number of benzene rings is 2. The molecule has 0 radical (unpaired) electrons. The van der Waals surface area contributed by atoms with Crippen LogP contribution in [0.3, 0.4) is 0 Å². The van der Waals surface area contributed by atoms with E-state index < -0.39 is 0 Å². The van der Waals surface area contributed by atoms with Crippen LogP contribution in [-0.2, 0) is 11.2 Å². The smallest absolute Gasteiger partial charge is 0.242 e. The molecule has 1 N–H and O–H groups in total. The van der Waals surface area contributed by atoms with E-state index in [1.165, 1.54) is 0 Å². The number of likely N-dealkylation sites (N-methyl/N-ethyl adjacent to an activating group) is 1. The van der Waals surface area contributed by atoms with Crippen LogP contribution >= 0.6 is 0 Å². The van der Waals surface area contributed by atoms with Gasteiger partial charge in [0.15, 0.2) is 11.5 Å². The molecule has 2 rings (SSSR count). The molecular formula is C20H26N2O3. The van der Waals surface area contributed by atoms with Gasteiger partial charge in [0.25, 0.3) is 0 Å². The molecule has 0 spiro atoms. The van der Waals surface area contributed by atoms with Crippen molar-refractivity contribution in [1.82, 2.24) is 4.90 Å². The number of amides is 1. The first kappa shape index (κ1) is 18.8. The molecular weight excluding hydrogens is 316 g/mol. The first-order chi connectivity index (χ1) is 12.0. The third-order valence-corrected chi connectivity index (χ3v) is 4.19. The number of hydrogen-bond donors (Lipinski definition) is 1. The van der Waals surface area contributed by atoms with Crippen LogP contribution in [0, 0.1) is 6.92 Å². The molecule has 1 atom stereocenters. The summed E-state index contributed by atoms with van der Waals surface area (Å²) >= 11 is 0. The van der Waals surface area contributed by atoms with E-state index in [0.717, 1.165) is 16.8 Å². The Bertz CT molecular complexity index is 714. The van der Waals surface area contributed by atoms with E-state index in [1.54, 1.807) is 20.3 Å². The fourth-order valence-electron chi connectivity index (χ4n) is 2.68. The molecule has 0 aliphatic carbocycles. The SMILES string of the molecule is COc1cc(C)c(NC(=O)[C@@H](Cc2ccccc2)N(C)C)cc1OC. The van der Waals surface area contributed by atoms with Gasteiger partial charge in [-0.25, -0.2) is 0 Å². The highest BCUT2D eigenvalue weighted by molar-refractivity contribution is 5.96. The molecule has 0 unspecified atom stereocenters. The van der Waals surface area contributed by atoms with Crippen LogP contribution in [0.5, 0.6) is 11.5 Å². The maximum atomic E-state index is 12.8. The Kier molecular flexibility index (Phi) is 6.42. The minimum absolute atomic E-state index is 0.0517. The number of carbonyl (C=O) groups is 1. The monoisotopic (exact) mass is 342 g/mol. The quantitative estimate of drug-likeness (QED) is 0.840. The summed E-state index contributed by atoms with van der Waals surface area (Å²) in [5.41, 5.74) is 2.77. The van der Waals surface area contributed by atoms with Crippen molar-refractivity contribution >= 4 is 11.6 Å². The summed E-state index contributed by atoms with van der Waals surface area (Å²) in [4.78, 5) is 14.8. The van der Waals surface area contributed by atoms with Gasteiger partial charge < -0.3 is 14.8 Å². The van der Waals surface area contributed by atoms with Gasteiger partial charge in [-0.3, -0.25) is 9.69 Å². The normalized spacial score (nSPS) is 11.9. The molecule has 0 saturated heterocycles. The van der Waals surface area contributed by atoms with Gasteiger partial charge in [-0.1, -0.05) is 30.3 Å². The molecule has 0 aliphatic heterocycles. The molecule has 5 heteroatoms. The zero-order valence-electron chi connectivity index (χ0n) is 15.5. The third-order valence-electron chi connectivity index (χ3n) is 4.19. The Hall–Kier alpha value is -2.53. The molecule has 5 nitrogen and oxygen atoms in total. The number of aryl methyl sites for hydroxylation is 1. The second kappa shape index (κ2) is 8.53. The zero-order valence-corrected chi connectivity index (χ0v) is 15.5. The van der Waals surface area contributed by atoms with E-state index in [9.17, 15) is 4.79 Å². The maximum Gasteiger partial charge on any atom is 0.242 e. The van der Waals surface area contributed by atoms with Crippen molar-refractivity contribution in [2.24, 2.45) is 0 Å². The lowest BCUT2D eigenvalue weighted by Crippen LogP contribution is -2.41. The molecule has 2 aromatic carbocycles. The number of methoxy groups -OCH3 is 2. The standard InChI is InChI=1S/C20H26N2O3/c1-14-11-18(24-4)19(25-5)13-16(14)21-20(23)17(22(2)3)12-15-9-7-6-8-10-15/h6-11,13,17H,12H2,1-5H3,(H,21,23)/t17-/m1/s1. The van der Waals surface area contributed by atoms with Gasteiger partial charge in [0.2, 0.25) is 5.91 Å². The Morgan fingerprint density at radius 3 is 2.24 bits per heavy atom. The minimum Gasteiger partial charge on any atom is -0.493 e. The summed E-state index contributed by atoms with van der Waals surface area (Å²) < 4.78 is 10.6. The Morgan fingerprint density at radius 1 is 1.08 bits per heavy atom. The topological polar surface area (TPSA) is 50.8 Å². The summed E-state index contributed by atoms with van der Waals surface area (Å²) in [7, 11) is 7.00. The van der Waals surface area contributed by atoms with Crippen molar-refractivity contribution in [3.05, 3.63) is 53.6 Å². The highest BCUT2D eigenvalue weighted by Crippen LogP contribution is 2.33. The minimum atomic E-state index is -0.269. The van der Waals surface area contributed by atoms with E-state index in [2.05, 4.69) is 5.32 Å². The van der Waals surface area contributed by atoms with Crippen molar-refractivity contribution in [2.45, 2.75) is 19.4 Å². The van der Waals surface area contributed by atoms with Crippen molar-refractivity contribution in [3.8, 4) is 11.5 Å². The van der Waals surface area contributed by atoms with Crippen molar-refractivity contribution in [2.75, 3.05) is 33.6 Å². The van der Waals surface area contributed by atoms with Crippen LogP contribution in [0.15, 0.2) is 42.5 Å². The van der Waals surface area contributed by atoms with E-state index in [0.29, 0.717) is 17.9 Å². The van der Waals surface area contributed by atoms with Crippen molar-refractivity contribution < 1.29 is 14.3 Å². The summed E-state index contributed by atoms with van der Waals surface area (Å²) in [6.07, 6.45) is 0.645. The second-order valence-corrected chi connectivity index (χ2v) is 6.18. The molecule has 2 aromatic rings. The molecule has 0 saturated carbocycles. The highest BCUT2D eigenvalue weighted by Gasteiger charge is 2.22. The fourth-order valence-corrected chi connectivity index (χ4v) is 2.68. The average molecular weight is 342 g/mol. The van der Waals surface area contributed by atoms with Crippen LogP contribution in [0.25, 0.3) is 0 Å². The lowest BCUT2D eigenvalue weighted by molar-refractivity contribution is -0.120. The molecule has 0 heterocycles. The molecule has 134 valence electrons. The molecule has 0 aliphatic rings. The Balaban J connectivity index is 2.21. The zero-order chi connectivity index (χ0) is 18.4. The number of ether oxygens (including phenoxy) is 2. The van der Waals surface area contributed by atoms with Crippen LogP contribution in [0.2, 0.25) is 0 Å². The van der Waals surface area contributed by atoms with Gasteiger partial charge in [0, 0.05) is 11.8 Å². The van der Waals surface area contributed by atoms with E-state index in [-0.39, 0.29) is 11.9 Å². The van der Waals surface area contributed by atoms with Crippen molar-refractivity contribution in [3.63, 3.8) is 0 Å².